The summed E-state index contributed by atoms with van der Waals surface area (Å²) in [5.74, 6) is 0.00524. The van der Waals surface area contributed by atoms with Crippen molar-refractivity contribution in [3.05, 3.63) is 46.9 Å². The third kappa shape index (κ3) is 4.58. The van der Waals surface area contributed by atoms with E-state index in [1.165, 1.54) is 6.20 Å². The molecule has 4 rings (SSSR count). The molecule has 0 unspecified atom stereocenters. The summed E-state index contributed by atoms with van der Waals surface area (Å²) < 4.78 is 25.5. The number of benzene rings is 1. The number of amides is 1. The maximum atomic E-state index is 13.1. The summed E-state index contributed by atoms with van der Waals surface area (Å²) in [5, 5.41) is 4.96. The number of H-pyrrole nitrogens is 1. The van der Waals surface area contributed by atoms with Crippen molar-refractivity contribution in [3.8, 4) is 5.69 Å². The Kier molecular flexibility index (Phi) is 6.38. The Labute approximate surface area is 190 Å². The first-order valence-corrected chi connectivity index (χ1v) is 13.3. The van der Waals surface area contributed by atoms with Gasteiger partial charge in [-0.1, -0.05) is 36.9 Å². The van der Waals surface area contributed by atoms with Crippen molar-refractivity contribution < 1.29 is 13.2 Å². The number of carbonyl (C=O) groups is 1. The van der Waals surface area contributed by atoms with E-state index in [1.54, 1.807) is 9.58 Å². The molecule has 1 fully saturated rings. The Hall–Kier alpha value is -2.66. The fourth-order valence-electron chi connectivity index (χ4n) is 3.93. The lowest BCUT2D eigenvalue weighted by Crippen LogP contribution is -2.47. The van der Waals surface area contributed by atoms with Crippen LogP contribution >= 0.6 is 11.8 Å². The maximum Gasteiger partial charge on any atom is 0.262 e. The highest BCUT2D eigenvalue weighted by molar-refractivity contribution is 7.99. The molecule has 1 aliphatic rings. The molecule has 1 aromatic carbocycles. The van der Waals surface area contributed by atoms with Gasteiger partial charge in [-0.2, -0.15) is 5.10 Å². The highest BCUT2D eigenvalue weighted by Crippen LogP contribution is 2.24. The normalized spacial score (nSPS) is 18.6. The highest BCUT2D eigenvalue weighted by Gasteiger charge is 2.36. The van der Waals surface area contributed by atoms with Gasteiger partial charge in [-0.25, -0.2) is 18.1 Å². The van der Waals surface area contributed by atoms with Crippen molar-refractivity contribution in [1.29, 1.82) is 0 Å². The van der Waals surface area contributed by atoms with Gasteiger partial charge in [0, 0.05) is 12.1 Å². The second kappa shape index (κ2) is 9.07. The molecule has 9 nitrogen and oxygen atoms in total. The van der Waals surface area contributed by atoms with Crippen molar-refractivity contribution in [3.63, 3.8) is 0 Å². The molecule has 3 heterocycles. The Bertz CT molecular complexity index is 1290. The lowest BCUT2D eigenvalue weighted by Gasteiger charge is -2.33. The fraction of sp³-hybridized carbons (Fsp3) is 0.429. The summed E-state index contributed by atoms with van der Waals surface area (Å²) in [7, 11) is -3.11. The van der Waals surface area contributed by atoms with Crippen molar-refractivity contribution in [2.24, 2.45) is 0 Å². The summed E-state index contributed by atoms with van der Waals surface area (Å²) >= 11 is 1.13. The average molecular weight is 476 g/mol. The first-order chi connectivity index (χ1) is 15.3. The minimum atomic E-state index is -3.11. The number of aromatic amines is 1. The molecule has 0 aliphatic carbocycles. The van der Waals surface area contributed by atoms with Crippen LogP contribution < -0.4 is 5.56 Å². The van der Waals surface area contributed by atoms with Crippen LogP contribution in [-0.2, 0) is 14.6 Å². The van der Waals surface area contributed by atoms with E-state index in [0.29, 0.717) is 22.6 Å². The summed E-state index contributed by atoms with van der Waals surface area (Å²) in [6.07, 6.45) is 2.66. The van der Waals surface area contributed by atoms with Crippen LogP contribution in [0.4, 0.5) is 0 Å². The fourth-order valence-corrected chi connectivity index (χ4v) is 6.37. The summed E-state index contributed by atoms with van der Waals surface area (Å²) in [6, 6.07) is 8.98. The Morgan fingerprint density at radius 2 is 2.09 bits per heavy atom. The number of hydrogen-bond acceptors (Lipinski definition) is 7. The standard InChI is InChI=1S/C21H25N5O4S2/c1-3-14(2)25(16-9-10-32(29,30)13-16)18(27)12-31-21-23-19-17(20(28)24-21)11-22-26(19)15-7-5-4-6-8-15/h4-8,11,14,16H,3,9-10,12-13H2,1-2H3,(H,23,24,28)/t14-,16+/m0/s1. The lowest BCUT2D eigenvalue weighted by atomic mass is 10.1. The molecule has 11 heteroatoms. The first kappa shape index (κ1) is 22.5. The van der Waals surface area contributed by atoms with Crippen LogP contribution in [0.3, 0.4) is 0 Å². The number of nitrogens with zero attached hydrogens (tertiary/aromatic N) is 4. The number of sulfone groups is 1. The number of carbonyl (C=O) groups excluding carboxylic acids is 1. The molecule has 0 radical (unpaired) electrons. The molecule has 1 N–H and O–H groups in total. The smallest absolute Gasteiger partial charge is 0.262 e. The molecule has 32 heavy (non-hydrogen) atoms. The van der Waals surface area contributed by atoms with Gasteiger partial charge < -0.3 is 9.88 Å². The van der Waals surface area contributed by atoms with Gasteiger partial charge in [-0.15, -0.1) is 0 Å². The van der Waals surface area contributed by atoms with E-state index in [0.717, 1.165) is 23.9 Å². The van der Waals surface area contributed by atoms with E-state index in [9.17, 15) is 18.0 Å². The minimum absolute atomic E-state index is 0.00501. The highest BCUT2D eigenvalue weighted by atomic mass is 32.2. The second-order valence-electron chi connectivity index (χ2n) is 7.90. The SMILES string of the molecule is CC[C@H](C)N(C(=O)CSc1nc2c(cnn2-c2ccccc2)c(=O)[nH]1)[C@@H]1CCS(=O)(=O)C1. The van der Waals surface area contributed by atoms with Crippen LogP contribution in [-0.4, -0.2) is 68.3 Å². The molecule has 2 aromatic heterocycles. The monoisotopic (exact) mass is 475 g/mol. The zero-order chi connectivity index (χ0) is 22.9. The van der Waals surface area contributed by atoms with E-state index >= 15 is 0 Å². The van der Waals surface area contributed by atoms with Crippen LogP contribution in [0.15, 0.2) is 46.5 Å². The van der Waals surface area contributed by atoms with E-state index in [2.05, 4.69) is 15.1 Å². The van der Waals surface area contributed by atoms with Gasteiger partial charge in [-0.05, 0) is 31.9 Å². The van der Waals surface area contributed by atoms with Gasteiger partial charge in [0.2, 0.25) is 5.91 Å². The number of rotatable bonds is 7. The zero-order valence-corrected chi connectivity index (χ0v) is 19.5. The summed E-state index contributed by atoms with van der Waals surface area (Å²) in [5.41, 5.74) is 0.862. The predicted octanol–water partition coefficient (Wildman–Crippen LogP) is 2.02. The molecular formula is C21H25N5O4S2. The molecule has 3 aromatic rings. The van der Waals surface area contributed by atoms with Gasteiger partial charge in [0.1, 0.15) is 5.39 Å². The largest absolute Gasteiger partial charge is 0.335 e. The quantitative estimate of drug-likeness (QED) is 0.410. The van der Waals surface area contributed by atoms with Crippen LogP contribution in [0.5, 0.6) is 0 Å². The number of para-hydroxylation sites is 1. The van der Waals surface area contributed by atoms with E-state index < -0.39 is 9.84 Å². The van der Waals surface area contributed by atoms with Crippen LogP contribution in [0.1, 0.15) is 26.7 Å². The second-order valence-corrected chi connectivity index (χ2v) is 11.1. The van der Waals surface area contributed by atoms with E-state index in [4.69, 9.17) is 0 Å². The first-order valence-electron chi connectivity index (χ1n) is 10.5. The predicted molar refractivity (Wildman–Crippen MR) is 124 cm³/mol. The van der Waals surface area contributed by atoms with E-state index in [1.807, 2.05) is 44.2 Å². The molecule has 1 saturated heterocycles. The van der Waals surface area contributed by atoms with Crippen molar-refractivity contribution >= 4 is 38.5 Å². The van der Waals surface area contributed by atoms with Gasteiger partial charge in [0.05, 0.1) is 29.1 Å². The van der Waals surface area contributed by atoms with Crippen LogP contribution in [0.2, 0.25) is 0 Å². The van der Waals surface area contributed by atoms with Gasteiger partial charge in [-0.3, -0.25) is 9.59 Å². The van der Waals surface area contributed by atoms with Crippen molar-refractivity contribution in [2.45, 2.75) is 43.9 Å². The molecule has 170 valence electrons. The van der Waals surface area contributed by atoms with Crippen molar-refractivity contribution in [1.82, 2.24) is 24.6 Å². The topological polar surface area (TPSA) is 118 Å². The number of hydrogen-bond donors (Lipinski definition) is 1. The Morgan fingerprint density at radius 1 is 1.34 bits per heavy atom. The van der Waals surface area contributed by atoms with Gasteiger partial charge >= 0.3 is 0 Å². The summed E-state index contributed by atoms with van der Waals surface area (Å²) in [6.45, 7) is 3.90. The molecule has 1 aliphatic heterocycles. The average Bonchev–Trinajstić information content (AvgIpc) is 3.36. The number of aromatic nitrogens is 4. The lowest BCUT2D eigenvalue weighted by molar-refractivity contribution is -0.132. The maximum absolute atomic E-state index is 13.1. The minimum Gasteiger partial charge on any atom is -0.335 e. The van der Waals surface area contributed by atoms with E-state index in [-0.39, 0.29) is 40.8 Å². The molecule has 0 bridgehead atoms. The van der Waals surface area contributed by atoms with Gasteiger partial charge in [0.25, 0.3) is 5.56 Å². The summed E-state index contributed by atoms with van der Waals surface area (Å²) in [4.78, 5) is 34.5. The van der Waals surface area contributed by atoms with Crippen LogP contribution in [0.25, 0.3) is 16.7 Å². The Morgan fingerprint density at radius 3 is 2.75 bits per heavy atom. The molecule has 0 spiro atoms. The molecule has 1 amide bonds. The molecule has 0 saturated carbocycles. The van der Waals surface area contributed by atoms with Gasteiger partial charge in [0.15, 0.2) is 20.6 Å². The van der Waals surface area contributed by atoms with Crippen LogP contribution in [0, 0.1) is 0 Å². The molecule has 2 atom stereocenters. The third-order valence-corrected chi connectivity index (χ3v) is 8.31. The zero-order valence-electron chi connectivity index (χ0n) is 17.9. The number of fused-ring (bicyclic) bond motifs is 1. The van der Waals surface area contributed by atoms with Crippen molar-refractivity contribution in [2.75, 3.05) is 17.3 Å². The number of nitrogens with one attached hydrogen (secondary N) is 1. The third-order valence-electron chi connectivity index (χ3n) is 5.70. The number of thioether (sulfide) groups is 1. The Balaban J connectivity index is 1.56. The molecular weight excluding hydrogens is 450 g/mol.